The van der Waals surface area contributed by atoms with Crippen LogP contribution in [0.4, 0.5) is 10.2 Å². The first-order chi connectivity index (χ1) is 13.9. The average molecular weight is 455 g/mol. The number of nitrogens with one attached hydrogen (secondary N) is 1. The Morgan fingerprint density at radius 3 is 2.86 bits per heavy atom. The molecule has 1 amide bonds. The summed E-state index contributed by atoms with van der Waals surface area (Å²) in [4.78, 5) is 34.2. The molecule has 0 spiro atoms. The number of carbonyl (C=O) groups is 1. The van der Waals surface area contributed by atoms with Crippen molar-refractivity contribution >= 4 is 46.4 Å². The molecule has 0 aliphatic carbocycles. The number of alkyl halides is 1. The Morgan fingerprint density at radius 1 is 1.34 bits per heavy atom. The van der Waals surface area contributed by atoms with Crippen molar-refractivity contribution in [2.45, 2.75) is 37.3 Å². The van der Waals surface area contributed by atoms with E-state index >= 15 is 0 Å². The zero-order valence-electron chi connectivity index (χ0n) is 16.0. The number of aryl methyl sites for hydroxylation is 1. The number of unbranched alkanes of at least 4 members (excludes halogenated alkanes) is 2. The molecule has 0 bridgehead atoms. The second-order valence-electron chi connectivity index (χ2n) is 6.37. The Balaban J connectivity index is 1.93. The molecule has 1 aromatic rings. The van der Waals surface area contributed by atoms with Crippen molar-refractivity contribution in [2.75, 3.05) is 17.7 Å². The van der Waals surface area contributed by atoms with E-state index in [9.17, 15) is 14.0 Å². The minimum atomic E-state index is -0.491. The Hall–Kier alpha value is -1.97. The fourth-order valence-corrected chi connectivity index (χ4v) is 5.42. The molecule has 1 aromatic heterocycles. The van der Waals surface area contributed by atoms with Gasteiger partial charge in [0.05, 0.1) is 10.9 Å². The van der Waals surface area contributed by atoms with Crippen LogP contribution in [0.3, 0.4) is 0 Å². The topological polar surface area (TPSA) is 76.9 Å². The maximum atomic E-state index is 12.6. The van der Waals surface area contributed by atoms with Crippen LogP contribution in [0.2, 0.25) is 5.02 Å². The van der Waals surface area contributed by atoms with Crippen molar-refractivity contribution in [3.05, 3.63) is 50.1 Å². The van der Waals surface area contributed by atoms with Gasteiger partial charge in [-0.2, -0.15) is 4.98 Å². The first kappa shape index (κ1) is 21.7. The number of fused-ring (bicyclic) bond motifs is 1. The largest absolute Gasteiger partial charge is 0.354 e. The number of nitrogens with zero attached hydrogens (tertiary/aromatic N) is 3. The van der Waals surface area contributed by atoms with Gasteiger partial charge in [0.1, 0.15) is 11.4 Å². The van der Waals surface area contributed by atoms with E-state index < -0.39 is 11.6 Å². The highest BCUT2D eigenvalue weighted by Gasteiger charge is 2.25. The highest BCUT2D eigenvalue weighted by atomic mass is 35.5. The maximum absolute atomic E-state index is 12.6. The maximum Gasteiger partial charge on any atom is 0.354 e. The molecule has 0 unspecified atom stereocenters. The van der Waals surface area contributed by atoms with E-state index in [-0.39, 0.29) is 18.2 Å². The lowest BCUT2D eigenvalue weighted by Crippen LogP contribution is -2.17. The highest BCUT2D eigenvalue weighted by molar-refractivity contribution is 8.01. The summed E-state index contributed by atoms with van der Waals surface area (Å²) in [6.07, 6.45) is 3.67. The number of halogens is 2. The summed E-state index contributed by atoms with van der Waals surface area (Å²) in [5, 5.41) is 3.09. The number of amides is 1. The van der Waals surface area contributed by atoms with E-state index in [0.717, 1.165) is 33.4 Å². The molecule has 0 saturated carbocycles. The van der Waals surface area contributed by atoms with Crippen molar-refractivity contribution in [2.24, 2.45) is 0 Å². The summed E-state index contributed by atoms with van der Waals surface area (Å²) >= 11 is 9.07. The summed E-state index contributed by atoms with van der Waals surface area (Å²) in [7, 11) is 0. The van der Waals surface area contributed by atoms with Gasteiger partial charge in [0.2, 0.25) is 0 Å². The molecule has 2 aliphatic heterocycles. The molecule has 0 radical (unpaired) electrons. The fraction of sp³-hybridized carbons (Fsp3) is 0.368. The number of hydrogen-bond donors (Lipinski definition) is 1. The third-order valence-electron chi connectivity index (χ3n) is 4.33. The number of anilines is 1. The minimum Gasteiger partial charge on any atom is -0.303 e. The number of carbonyl (C=O) groups excluding carboxylic acids is 1. The molecular formula is C19H20ClFN4O2S2. The van der Waals surface area contributed by atoms with Gasteiger partial charge in [-0.25, -0.2) is 4.79 Å². The van der Waals surface area contributed by atoms with E-state index in [1.165, 1.54) is 16.8 Å². The van der Waals surface area contributed by atoms with E-state index in [2.05, 4.69) is 15.3 Å². The van der Waals surface area contributed by atoms with Crippen LogP contribution >= 0.6 is 34.7 Å². The van der Waals surface area contributed by atoms with Gasteiger partial charge in [-0.05, 0) is 44.6 Å². The zero-order valence-corrected chi connectivity index (χ0v) is 18.4. The van der Waals surface area contributed by atoms with E-state index in [1.54, 1.807) is 29.2 Å². The molecule has 1 N–H and O–H groups in total. The summed E-state index contributed by atoms with van der Waals surface area (Å²) in [6.45, 7) is 3.49. The molecular weight excluding hydrogens is 435 g/mol. The normalized spacial score (nSPS) is 11.2. The molecule has 0 aromatic carbocycles. The van der Waals surface area contributed by atoms with Gasteiger partial charge in [0, 0.05) is 21.8 Å². The summed E-state index contributed by atoms with van der Waals surface area (Å²) in [5.74, 6) is 0.499. The summed E-state index contributed by atoms with van der Waals surface area (Å²) < 4.78 is 14.7. The molecule has 154 valence electrons. The van der Waals surface area contributed by atoms with Gasteiger partial charge in [0.15, 0.2) is 5.82 Å². The lowest BCUT2D eigenvalue weighted by atomic mass is 10.3. The van der Waals surface area contributed by atoms with Crippen molar-refractivity contribution in [1.29, 1.82) is 0 Å². The van der Waals surface area contributed by atoms with Crippen molar-refractivity contribution in [3.63, 3.8) is 0 Å². The smallest absolute Gasteiger partial charge is 0.303 e. The standard InChI is InChI=1S/C19H20ClFN4O2S2/c1-11-12(2)29-18(28-9-5-3-4-7-21)15-16(24-19(27)25(11)15)23-17(26)14-10-13(20)6-8-22-14/h6,8,10H,3-5,7,9H2,1-2H3,(H,23,24,26,27). The molecule has 29 heavy (non-hydrogen) atoms. The van der Waals surface area contributed by atoms with Gasteiger partial charge in [-0.1, -0.05) is 18.0 Å². The number of hydrogen-bond acceptors (Lipinski definition) is 6. The number of imidazole rings is 1. The first-order valence-corrected chi connectivity index (χ1v) is 11.2. The number of thioether (sulfide) groups is 1. The molecule has 0 fully saturated rings. The first-order valence-electron chi connectivity index (χ1n) is 9.06. The predicted molar refractivity (Wildman–Crippen MR) is 116 cm³/mol. The van der Waals surface area contributed by atoms with Crippen molar-refractivity contribution in [1.82, 2.24) is 14.5 Å². The van der Waals surface area contributed by atoms with Crippen LogP contribution in [-0.4, -0.2) is 32.9 Å². The molecule has 2 aliphatic rings. The average Bonchev–Trinajstić information content (AvgIpc) is 3.01. The molecule has 0 atom stereocenters. The van der Waals surface area contributed by atoms with Gasteiger partial charge < -0.3 is 5.32 Å². The zero-order chi connectivity index (χ0) is 21.0. The SMILES string of the molecule is Cc1sc(SCCCCCF)c2c(NC(=O)c3cc(Cl)ccn3)nc(=O)n-2c1C. The molecule has 0 saturated heterocycles. The van der Waals surface area contributed by atoms with Crippen molar-refractivity contribution in [3.8, 4) is 5.69 Å². The van der Waals surface area contributed by atoms with Crippen LogP contribution in [0.1, 0.15) is 40.3 Å². The van der Waals surface area contributed by atoms with Gasteiger partial charge >= 0.3 is 5.69 Å². The van der Waals surface area contributed by atoms with Crippen LogP contribution in [0, 0.1) is 13.8 Å². The molecule has 3 heterocycles. The third kappa shape index (κ3) is 4.96. The highest BCUT2D eigenvalue weighted by Crippen LogP contribution is 2.38. The Kier molecular flexibility index (Phi) is 7.26. The Labute approximate surface area is 180 Å². The quantitative estimate of drug-likeness (QED) is 0.387. The summed E-state index contributed by atoms with van der Waals surface area (Å²) in [5.41, 5.74) is 1.06. The van der Waals surface area contributed by atoms with Crippen LogP contribution in [0.15, 0.2) is 27.3 Å². The van der Waals surface area contributed by atoms with Crippen LogP contribution < -0.4 is 11.0 Å². The fourth-order valence-electron chi connectivity index (χ4n) is 2.74. The Morgan fingerprint density at radius 2 is 2.14 bits per heavy atom. The summed E-state index contributed by atoms with van der Waals surface area (Å²) in [6, 6.07) is 3.03. The van der Waals surface area contributed by atoms with E-state index in [4.69, 9.17) is 11.6 Å². The number of aromatic nitrogens is 3. The van der Waals surface area contributed by atoms with Gasteiger partial charge in [-0.3, -0.25) is 18.7 Å². The van der Waals surface area contributed by atoms with Crippen LogP contribution in [0.25, 0.3) is 5.69 Å². The van der Waals surface area contributed by atoms with Gasteiger partial charge in [-0.15, -0.1) is 23.1 Å². The van der Waals surface area contributed by atoms with Crippen molar-refractivity contribution < 1.29 is 9.18 Å². The van der Waals surface area contributed by atoms with Crippen LogP contribution in [0.5, 0.6) is 0 Å². The lowest BCUT2D eigenvalue weighted by molar-refractivity contribution is 0.102. The third-order valence-corrected chi connectivity index (χ3v) is 7.10. The second kappa shape index (κ2) is 9.69. The monoisotopic (exact) mass is 454 g/mol. The predicted octanol–water partition coefficient (Wildman–Crippen LogP) is 4.88. The number of pyridine rings is 1. The van der Waals surface area contributed by atoms with E-state index in [1.807, 2.05) is 13.8 Å². The van der Waals surface area contributed by atoms with E-state index in [0.29, 0.717) is 17.1 Å². The molecule has 10 heteroatoms. The van der Waals surface area contributed by atoms with Crippen LogP contribution in [-0.2, 0) is 0 Å². The van der Waals surface area contributed by atoms with Gasteiger partial charge in [0.25, 0.3) is 5.91 Å². The molecule has 6 nitrogen and oxygen atoms in total. The number of rotatable bonds is 8. The lowest BCUT2D eigenvalue weighted by Gasteiger charge is -2.15. The Bertz CT molecular complexity index is 1050. The second-order valence-corrected chi connectivity index (χ2v) is 9.39. The minimum absolute atomic E-state index is 0.138. The molecule has 3 rings (SSSR count).